The fourth-order valence-electron chi connectivity index (χ4n) is 3.67. The van der Waals surface area contributed by atoms with Crippen molar-refractivity contribution >= 4 is 22.9 Å². The topological polar surface area (TPSA) is 54.2 Å². The van der Waals surface area contributed by atoms with Crippen LogP contribution < -0.4 is 11.1 Å². The van der Waals surface area contributed by atoms with Crippen LogP contribution in [0.4, 0.5) is 5.69 Å². The van der Waals surface area contributed by atoms with E-state index in [1.165, 1.54) is 32.1 Å². The number of anilines is 1. The first-order valence-corrected chi connectivity index (χ1v) is 7.79. The molecule has 3 heterocycles. The molecule has 2 aliphatic heterocycles. The van der Waals surface area contributed by atoms with E-state index in [4.69, 9.17) is 18.0 Å². The zero-order valence-corrected chi connectivity index (χ0v) is 12.7. The predicted octanol–water partition coefficient (Wildman–Crippen LogP) is 2.14. The summed E-state index contributed by atoms with van der Waals surface area (Å²) in [5.74, 6) is 0. The van der Waals surface area contributed by atoms with Crippen molar-refractivity contribution < 1.29 is 0 Å². The number of aromatic nitrogens is 1. The van der Waals surface area contributed by atoms with Crippen LogP contribution in [0.2, 0.25) is 0 Å². The van der Waals surface area contributed by atoms with E-state index in [-0.39, 0.29) is 0 Å². The third-order valence-electron chi connectivity index (χ3n) is 4.74. The Morgan fingerprint density at radius 3 is 2.75 bits per heavy atom. The molecular formula is C15H22N4S. The number of thiocarbonyl (C=S) groups is 1. The van der Waals surface area contributed by atoms with Crippen LogP contribution in [0.5, 0.6) is 0 Å². The van der Waals surface area contributed by atoms with E-state index < -0.39 is 0 Å². The smallest absolute Gasteiger partial charge is 0.124 e. The van der Waals surface area contributed by atoms with Crippen molar-refractivity contribution in [1.82, 2.24) is 9.88 Å². The van der Waals surface area contributed by atoms with E-state index in [1.54, 1.807) is 6.20 Å². The van der Waals surface area contributed by atoms with E-state index in [2.05, 4.69) is 22.2 Å². The second-order valence-corrected chi connectivity index (χ2v) is 6.42. The van der Waals surface area contributed by atoms with Crippen molar-refractivity contribution in [3.05, 3.63) is 24.0 Å². The van der Waals surface area contributed by atoms with Gasteiger partial charge in [0, 0.05) is 24.3 Å². The van der Waals surface area contributed by atoms with Gasteiger partial charge in [0.1, 0.15) is 10.7 Å². The molecular weight excluding hydrogens is 268 g/mol. The Labute approximate surface area is 125 Å². The van der Waals surface area contributed by atoms with E-state index >= 15 is 0 Å². The maximum atomic E-state index is 5.75. The lowest BCUT2D eigenvalue weighted by Crippen LogP contribution is -2.52. The van der Waals surface area contributed by atoms with Crippen LogP contribution in [0.15, 0.2) is 18.3 Å². The van der Waals surface area contributed by atoms with Crippen LogP contribution in [0, 0.1) is 0 Å². The standard InChI is InChI=1S/C15H22N4S/c1-19-11-4-2-5-12(19)9-10(8-11)18-13-6-3-7-17-14(13)15(16)20/h3,6-7,10-12,18H,2,4-5,8-9H2,1H3,(H2,16,20). The van der Waals surface area contributed by atoms with Gasteiger partial charge in [-0.1, -0.05) is 18.6 Å². The molecule has 0 aliphatic carbocycles. The fourth-order valence-corrected chi connectivity index (χ4v) is 3.83. The van der Waals surface area contributed by atoms with Gasteiger partial charge in [0.05, 0.1) is 5.69 Å². The Morgan fingerprint density at radius 1 is 1.40 bits per heavy atom. The van der Waals surface area contributed by atoms with Crippen molar-refractivity contribution in [2.75, 3.05) is 12.4 Å². The summed E-state index contributed by atoms with van der Waals surface area (Å²) in [4.78, 5) is 7.22. The number of piperidine rings is 2. The van der Waals surface area contributed by atoms with Crippen LogP contribution in [0.25, 0.3) is 0 Å². The van der Waals surface area contributed by atoms with Gasteiger partial charge in [0.25, 0.3) is 0 Å². The molecule has 1 aromatic rings. The quantitative estimate of drug-likeness (QED) is 0.835. The Kier molecular flexibility index (Phi) is 3.89. The molecule has 0 amide bonds. The molecule has 0 spiro atoms. The maximum Gasteiger partial charge on any atom is 0.124 e. The van der Waals surface area contributed by atoms with Crippen molar-refractivity contribution in [2.45, 2.75) is 50.2 Å². The number of nitrogens with zero attached hydrogens (tertiary/aromatic N) is 2. The number of hydrogen-bond donors (Lipinski definition) is 2. The molecule has 3 rings (SSSR count). The number of rotatable bonds is 3. The first-order chi connectivity index (χ1) is 9.65. The highest BCUT2D eigenvalue weighted by Gasteiger charge is 2.36. The van der Waals surface area contributed by atoms with Crippen LogP contribution in [0.3, 0.4) is 0 Å². The molecule has 20 heavy (non-hydrogen) atoms. The third kappa shape index (κ3) is 2.65. The van der Waals surface area contributed by atoms with Gasteiger partial charge in [-0.15, -0.1) is 0 Å². The van der Waals surface area contributed by atoms with E-state index in [0.29, 0.717) is 28.8 Å². The van der Waals surface area contributed by atoms with Gasteiger partial charge < -0.3 is 16.0 Å². The molecule has 2 atom stereocenters. The van der Waals surface area contributed by atoms with Gasteiger partial charge in [-0.3, -0.25) is 4.98 Å². The van der Waals surface area contributed by atoms with Crippen LogP contribution >= 0.6 is 12.2 Å². The highest BCUT2D eigenvalue weighted by Crippen LogP contribution is 2.34. The molecule has 108 valence electrons. The molecule has 2 aliphatic rings. The molecule has 1 aromatic heterocycles. The van der Waals surface area contributed by atoms with E-state index in [0.717, 1.165) is 5.69 Å². The second kappa shape index (κ2) is 5.66. The monoisotopic (exact) mass is 290 g/mol. The van der Waals surface area contributed by atoms with Crippen molar-refractivity contribution in [3.8, 4) is 0 Å². The molecule has 2 unspecified atom stereocenters. The van der Waals surface area contributed by atoms with E-state index in [9.17, 15) is 0 Å². The molecule has 0 saturated carbocycles. The summed E-state index contributed by atoms with van der Waals surface area (Å²) in [5, 5.41) is 3.62. The maximum absolute atomic E-state index is 5.75. The van der Waals surface area contributed by atoms with Gasteiger partial charge in [-0.05, 0) is 44.9 Å². The van der Waals surface area contributed by atoms with Gasteiger partial charge in [-0.25, -0.2) is 0 Å². The summed E-state index contributed by atoms with van der Waals surface area (Å²) >= 11 is 5.08. The molecule has 3 N–H and O–H groups in total. The molecule has 5 heteroatoms. The second-order valence-electron chi connectivity index (χ2n) is 5.98. The van der Waals surface area contributed by atoms with Crippen molar-refractivity contribution in [1.29, 1.82) is 0 Å². The SMILES string of the molecule is CN1C2CCCC1CC(Nc1cccnc1C(N)=S)C2. The van der Waals surface area contributed by atoms with Crippen molar-refractivity contribution in [2.24, 2.45) is 5.73 Å². The normalized spacial score (nSPS) is 29.9. The third-order valence-corrected chi connectivity index (χ3v) is 4.93. The number of fused-ring (bicyclic) bond motifs is 2. The first kappa shape index (κ1) is 13.8. The highest BCUT2D eigenvalue weighted by atomic mass is 32.1. The van der Waals surface area contributed by atoms with Crippen LogP contribution in [-0.4, -0.2) is 40.0 Å². The zero-order valence-electron chi connectivity index (χ0n) is 11.9. The van der Waals surface area contributed by atoms with Gasteiger partial charge in [0.2, 0.25) is 0 Å². The molecule has 0 aromatic carbocycles. The number of nitrogens with one attached hydrogen (secondary N) is 1. The summed E-state index contributed by atoms with van der Waals surface area (Å²) in [6.07, 6.45) is 8.14. The fraction of sp³-hybridized carbons (Fsp3) is 0.600. The Balaban J connectivity index is 1.74. The minimum Gasteiger partial charge on any atom is -0.388 e. The summed E-state index contributed by atoms with van der Waals surface area (Å²) in [6.45, 7) is 0. The lowest BCUT2D eigenvalue weighted by Gasteiger charge is -2.47. The van der Waals surface area contributed by atoms with Gasteiger partial charge in [0.15, 0.2) is 0 Å². The molecule has 2 bridgehead atoms. The number of hydrogen-bond acceptors (Lipinski definition) is 4. The summed E-state index contributed by atoms with van der Waals surface area (Å²) in [6, 6.07) is 5.88. The molecule has 4 nitrogen and oxygen atoms in total. The summed E-state index contributed by atoms with van der Waals surface area (Å²) in [7, 11) is 2.27. The zero-order chi connectivity index (χ0) is 14.1. The van der Waals surface area contributed by atoms with Gasteiger partial charge in [-0.2, -0.15) is 0 Å². The molecule has 2 fully saturated rings. The van der Waals surface area contributed by atoms with Crippen molar-refractivity contribution in [3.63, 3.8) is 0 Å². The molecule has 2 saturated heterocycles. The lowest BCUT2D eigenvalue weighted by molar-refractivity contribution is 0.0608. The van der Waals surface area contributed by atoms with Crippen LogP contribution in [0.1, 0.15) is 37.8 Å². The summed E-state index contributed by atoms with van der Waals surface area (Å²) < 4.78 is 0. The number of nitrogens with two attached hydrogens (primary N) is 1. The predicted molar refractivity (Wildman–Crippen MR) is 86.0 cm³/mol. The highest BCUT2D eigenvalue weighted by molar-refractivity contribution is 7.80. The first-order valence-electron chi connectivity index (χ1n) is 7.38. The summed E-state index contributed by atoms with van der Waals surface area (Å²) in [5.41, 5.74) is 7.45. The largest absolute Gasteiger partial charge is 0.388 e. The average Bonchev–Trinajstić information content (AvgIpc) is 2.40. The molecule has 0 radical (unpaired) electrons. The Morgan fingerprint density at radius 2 is 2.10 bits per heavy atom. The van der Waals surface area contributed by atoms with Gasteiger partial charge >= 0.3 is 0 Å². The number of pyridine rings is 1. The van der Waals surface area contributed by atoms with Crippen LogP contribution in [-0.2, 0) is 0 Å². The van der Waals surface area contributed by atoms with E-state index in [1.807, 2.05) is 12.1 Å². The Bertz CT molecular complexity index is 490. The minimum atomic E-state index is 0.362. The minimum absolute atomic E-state index is 0.362. The lowest BCUT2D eigenvalue weighted by atomic mass is 9.82. The Hall–Kier alpha value is -1.20. The average molecular weight is 290 g/mol.